The molecule has 1 aromatic carbocycles. The molecule has 1 amide bonds. The number of methoxy groups -OCH3 is 1. The number of benzene rings is 1. The number of nitrogens with zero attached hydrogens (tertiary/aromatic N) is 3. The minimum Gasteiger partial charge on any atom is -0.496 e. The van der Waals surface area contributed by atoms with Gasteiger partial charge in [0, 0.05) is 26.3 Å². The smallest absolute Gasteiger partial charge is 0.242 e. The maximum absolute atomic E-state index is 12.3. The van der Waals surface area contributed by atoms with E-state index in [1.54, 1.807) is 12.1 Å². The Morgan fingerprint density at radius 3 is 2.79 bits per heavy atom. The van der Waals surface area contributed by atoms with Crippen molar-refractivity contribution in [1.29, 1.82) is 0 Å². The number of anilines is 1. The SMILES string of the molecule is C=CCSc1nnc(NC(=O)CCc2cc(S(=O)(=O)N(C)C)ccc2OC)s1. The fourth-order valence-electron chi connectivity index (χ4n) is 2.20. The molecule has 0 bridgehead atoms. The molecule has 0 spiro atoms. The van der Waals surface area contributed by atoms with Gasteiger partial charge in [-0.2, -0.15) is 0 Å². The van der Waals surface area contributed by atoms with Crippen LogP contribution in [0.2, 0.25) is 0 Å². The third-order valence-electron chi connectivity index (χ3n) is 3.63. The molecule has 0 radical (unpaired) electrons. The highest BCUT2D eigenvalue weighted by Gasteiger charge is 2.19. The van der Waals surface area contributed by atoms with Crippen LogP contribution in [-0.4, -0.2) is 55.8 Å². The fraction of sp³-hybridized carbons (Fsp3) is 0.353. The van der Waals surface area contributed by atoms with Gasteiger partial charge < -0.3 is 10.1 Å². The normalized spacial score (nSPS) is 11.4. The second-order valence-corrected chi connectivity index (χ2v) is 10.2. The predicted molar refractivity (Wildman–Crippen MR) is 112 cm³/mol. The van der Waals surface area contributed by atoms with Gasteiger partial charge in [0.1, 0.15) is 5.75 Å². The van der Waals surface area contributed by atoms with Crippen LogP contribution in [0.25, 0.3) is 0 Å². The van der Waals surface area contributed by atoms with Gasteiger partial charge in [-0.25, -0.2) is 12.7 Å². The van der Waals surface area contributed by atoms with Crippen molar-refractivity contribution in [2.75, 3.05) is 32.3 Å². The van der Waals surface area contributed by atoms with Crippen molar-refractivity contribution in [3.8, 4) is 5.75 Å². The lowest BCUT2D eigenvalue weighted by Crippen LogP contribution is -2.22. The van der Waals surface area contributed by atoms with Gasteiger partial charge >= 0.3 is 0 Å². The highest BCUT2D eigenvalue weighted by molar-refractivity contribution is 8.01. The molecule has 28 heavy (non-hydrogen) atoms. The summed E-state index contributed by atoms with van der Waals surface area (Å²) in [6, 6.07) is 4.62. The Bertz CT molecular complexity index is 942. The molecule has 8 nitrogen and oxygen atoms in total. The van der Waals surface area contributed by atoms with Crippen LogP contribution in [0.4, 0.5) is 5.13 Å². The summed E-state index contributed by atoms with van der Waals surface area (Å²) in [6.45, 7) is 3.64. The maximum Gasteiger partial charge on any atom is 0.242 e. The molecule has 0 aliphatic rings. The largest absolute Gasteiger partial charge is 0.496 e. The van der Waals surface area contributed by atoms with Gasteiger partial charge in [-0.3, -0.25) is 4.79 Å². The van der Waals surface area contributed by atoms with Gasteiger partial charge in [0.2, 0.25) is 21.1 Å². The molecule has 0 fully saturated rings. The lowest BCUT2D eigenvalue weighted by atomic mass is 10.1. The number of hydrogen-bond donors (Lipinski definition) is 1. The molecule has 0 saturated heterocycles. The van der Waals surface area contributed by atoms with Crippen LogP contribution in [0.1, 0.15) is 12.0 Å². The highest BCUT2D eigenvalue weighted by atomic mass is 32.2. The molecule has 152 valence electrons. The number of carbonyl (C=O) groups excluding carboxylic acids is 1. The summed E-state index contributed by atoms with van der Waals surface area (Å²) in [6.07, 6.45) is 2.24. The Kier molecular flexibility index (Phi) is 7.98. The first-order chi connectivity index (χ1) is 13.3. The number of rotatable bonds is 10. The van der Waals surface area contributed by atoms with E-state index in [9.17, 15) is 13.2 Å². The molecule has 11 heteroatoms. The standard InChI is InChI=1S/C17H22N4O4S3/c1-5-10-26-17-20-19-16(27-17)18-15(22)9-6-12-11-13(7-8-14(12)25-4)28(23,24)21(2)3/h5,7-8,11H,1,6,9-10H2,2-4H3,(H,18,19,22). The van der Waals surface area contributed by atoms with Crippen molar-refractivity contribution in [2.24, 2.45) is 0 Å². The summed E-state index contributed by atoms with van der Waals surface area (Å²) in [5.74, 6) is 1.01. The molecule has 0 saturated carbocycles. The molecule has 0 unspecified atom stereocenters. The number of carbonyl (C=O) groups is 1. The number of aromatic nitrogens is 2. The zero-order chi connectivity index (χ0) is 20.7. The van der Waals surface area contributed by atoms with Crippen LogP contribution >= 0.6 is 23.1 Å². The Labute approximate surface area is 173 Å². The minimum atomic E-state index is -3.57. The van der Waals surface area contributed by atoms with E-state index in [0.717, 1.165) is 8.64 Å². The van der Waals surface area contributed by atoms with Crippen LogP contribution in [0.5, 0.6) is 5.75 Å². The van der Waals surface area contributed by atoms with Gasteiger partial charge in [0.15, 0.2) is 4.34 Å². The zero-order valence-corrected chi connectivity index (χ0v) is 18.3. The first-order valence-corrected chi connectivity index (χ1v) is 11.5. The highest BCUT2D eigenvalue weighted by Crippen LogP contribution is 2.27. The lowest BCUT2D eigenvalue weighted by molar-refractivity contribution is -0.116. The summed E-state index contributed by atoms with van der Waals surface area (Å²) < 4.78 is 31.8. The second-order valence-electron chi connectivity index (χ2n) is 5.78. The molecule has 2 aromatic rings. The summed E-state index contributed by atoms with van der Waals surface area (Å²) in [4.78, 5) is 12.4. The topological polar surface area (TPSA) is 101 Å². The first kappa shape index (κ1) is 22.3. The maximum atomic E-state index is 12.3. The van der Waals surface area contributed by atoms with E-state index in [4.69, 9.17) is 4.74 Å². The monoisotopic (exact) mass is 442 g/mol. The van der Waals surface area contributed by atoms with E-state index in [-0.39, 0.29) is 17.2 Å². The number of amides is 1. The molecule has 1 N–H and O–H groups in total. The van der Waals surface area contributed by atoms with Crippen LogP contribution < -0.4 is 10.1 Å². The molecule has 0 atom stereocenters. The third-order valence-corrected chi connectivity index (χ3v) is 7.41. The van der Waals surface area contributed by atoms with E-state index in [1.807, 2.05) is 0 Å². The van der Waals surface area contributed by atoms with Crippen LogP contribution in [0, 0.1) is 0 Å². The number of nitrogens with one attached hydrogen (secondary N) is 1. The van der Waals surface area contributed by atoms with Crippen molar-refractivity contribution >= 4 is 44.2 Å². The van der Waals surface area contributed by atoms with E-state index in [0.29, 0.717) is 28.6 Å². The van der Waals surface area contributed by atoms with Gasteiger partial charge in [-0.1, -0.05) is 29.2 Å². The summed E-state index contributed by atoms with van der Waals surface area (Å²) in [5, 5.41) is 11.1. The fourth-order valence-corrected chi connectivity index (χ4v) is 4.68. The average molecular weight is 443 g/mol. The van der Waals surface area contributed by atoms with Crippen molar-refractivity contribution < 1.29 is 17.9 Å². The second kappa shape index (κ2) is 10.0. The summed E-state index contributed by atoms with van der Waals surface area (Å²) in [7, 11) is 0.875. The number of sulfonamides is 1. The van der Waals surface area contributed by atoms with Gasteiger partial charge in [0.25, 0.3) is 0 Å². The van der Waals surface area contributed by atoms with E-state index in [1.165, 1.54) is 56.4 Å². The molecular weight excluding hydrogens is 420 g/mol. The van der Waals surface area contributed by atoms with Gasteiger partial charge in [0.05, 0.1) is 12.0 Å². The molecule has 1 heterocycles. The van der Waals surface area contributed by atoms with Gasteiger partial charge in [-0.15, -0.1) is 16.8 Å². The summed E-state index contributed by atoms with van der Waals surface area (Å²) in [5.41, 5.74) is 0.639. The number of aryl methyl sites for hydroxylation is 1. The Morgan fingerprint density at radius 1 is 1.39 bits per heavy atom. The zero-order valence-electron chi connectivity index (χ0n) is 15.8. The van der Waals surface area contributed by atoms with Crippen LogP contribution in [-0.2, 0) is 21.2 Å². The number of ether oxygens (including phenoxy) is 1. The van der Waals surface area contributed by atoms with Crippen molar-refractivity contribution in [1.82, 2.24) is 14.5 Å². The lowest BCUT2D eigenvalue weighted by Gasteiger charge is -2.14. The molecule has 1 aromatic heterocycles. The predicted octanol–water partition coefficient (Wildman–Crippen LogP) is 2.65. The molecule has 2 rings (SSSR count). The first-order valence-electron chi connectivity index (χ1n) is 8.24. The van der Waals surface area contributed by atoms with E-state index < -0.39 is 10.0 Å². The van der Waals surface area contributed by atoms with E-state index >= 15 is 0 Å². The van der Waals surface area contributed by atoms with Crippen molar-refractivity contribution in [2.45, 2.75) is 22.1 Å². The number of thioether (sulfide) groups is 1. The average Bonchev–Trinajstić information content (AvgIpc) is 3.11. The van der Waals surface area contributed by atoms with Crippen LogP contribution in [0.3, 0.4) is 0 Å². The molecular formula is C17H22N4O4S3. The summed E-state index contributed by atoms with van der Waals surface area (Å²) >= 11 is 2.78. The van der Waals surface area contributed by atoms with E-state index in [2.05, 4.69) is 22.1 Å². The Morgan fingerprint density at radius 2 is 2.14 bits per heavy atom. The quantitative estimate of drug-likeness (QED) is 0.343. The Balaban J connectivity index is 2.05. The Hall–Kier alpha value is -1.95. The van der Waals surface area contributed by atoms with Gasteiger partial charge in [-0.05, 0) is 30.2 Å². The molecule has 0 aliphatic heterocycles. The van der Waals surface area contributed by atoms with Crippen molar-refractivity contribution in [3.05, 3.63) is 36.4 Å². The van der Waals surface area contributed by atoms with Crippen LogP contribution in [0.15, 0.2) is 40.1 Å². The number of hydrogen-bond acceptors (Lipinski definition) is 8. The molecule has 0 aliphatic carbocycles. The third kappa shape index (κ3) is 5.77. The minimum absolute atomic E-state index is 0.149. The van der Waals surface area contributed by atoms with Crippen molar-refractivity contribution in [3.63, 3.8) is 0 Å².